The van der Waals surface area contributed by atoms with Crippen molar-refractivity contribution in [2.75, 3.05) is 11.9 Å². The number of rotatable bonds is 10. The molecule has 0 spiro atoms. The van der Waals surface area contributed by atoms with Crippen LogP contribution >= 0.6 is 0 Å². The van der Waals surface area contributed by atoms with Crippen LogP contribution in [-0.2, 0) is 0 Å². The van der Waals surface area contributed by atoms with E-state index < -0.39 is 0 Å². The molecule has 1 amide bonds. The standard InChI is InChI=1S/C25H27NO3/c1-2-3-4-10-19-28-24-14-9-8-13-23(24)25(27)26-20-15-17-22(18-16-20)29-21-11-6-5-7-12-21/h5-9,11-18H,2-4,10,19H2,1H3,(H,26,27). The van der Waals surface area contributed by atoms with Crippen molar-refractivity contribution in [3.63, 3.8) is 0 Å². The molecule has 0 unspecified atom stereocenters. The van der Waals surface area contributed by atoms with Gasteiger partial charge in [0.05, 0.1) is 12.2 Å². The summed E-state index contributed by atoms with van der Waals surface area (Å²) in [6.07, 6.45) is 4.53. The molecule has 4 nitrogen and oxygen atoms in total. The molecule has 0 aromatic heterocycles. The maximum atomic E-state index is 12.7. The van der Waals surface area contributed by atoms with Crippen LogP contribution in [0.1, 0.15) is 43.0 Å². The Morgan fingerprint density at radius 2 is 1.48 bits per heavy atom. The van der Waals surface area contributed by atoms with Crippen LogP contribution in [0.4, 0.5) is 5.69 Å². The van der Waals surface area contributed by atoms with Crippen molar-refractivity contribution < 1.29 is 14.3 Å². The van der Waals surface area contributed by atoms with Crippen LogP contribution in [0.15, 0.2) is 78.9 Å². The van der Waals surface area contributed by atoms with Gasteiger partial charge in [0.15, 0.2) is 0 Å². The van der Waals surface area contributed by atoms with Gasteiger partial charge in [-0.1, -0.05) is 56.5 Å². The molecule has 3 aromatic carbocycles. The first-order valence-electron chi connectivity index (χ1n) is 10.1. The number of carbonyl (C=O) groups excluding carboxylic acids is 1. The first-order valence-corrected chi connectivity index (χ1v) is 10.1. The second-order valence-corrected chi connectivity index (χ2v) is 6.80. The number of carbonyl (C=O) groups is 1. The van der Waals surface area contributed by atoms with Gasteiger partial charge in [-0.15, -0.1) is 0 Å². The third-order valence-electron chi connectivity index (χ3n) is 4.48. The third kappa shape index (κ3) is 6.39. The molecule has 0 radical (unpaired) electrons. The number of unbranched alkanes of at least 4 members (excludes halogenated alkanes) is 3. The van der Waals surface area contributed by atoms with Gasteiger partial charge in [-0.05, 0) is 55.0 Å². The van der Waals surface area contributed by atoms with E-state index in [4.69, 9.17) is 9.47 Å². The minimum Gasteiger partial charge on any atom is -0.493 e. The Labute approximate surface area is 172 Å². The Hall–Kier alpha value is -3.27. The zero-order chi connectivity index (χ0) is 20.3. The molecule has 0 heterocycles. The van der Waals surface area contributed by atoms with E-state index in [-0.39, 0.29) is 5.91 Å². The zero-order valence-electron chi connectivity index (χ0n) is 16.8. The Morgan fingerprint density at radius 1 is 0.793 bits per heavy atom. The molecule has 0 saturated carbocycles. The SMILES string of the molecule is CCCCCCOc1ccccc1C(=O)Nc1ccc(Oc2ccccc2)cc1. The highest BCUT2D eigenvalue weighted by atomic mass is 16.5. The van der Waals surface area contributed by atoms with Crippen LogP contribution in [-0.4, -0.2) is 12.5 Å². The van der Waals surface area contributed by atoms with Crippen LogP contribution in [0.25, 0.3) is 0 Å². The van der Waals surface area contributed by atoms with Gasteiger partial charge in [-0.25, -0.2) is 0 Å². The van der Waals surface area contributed by atoms with Gasteiger partial charge >= 0.3 is 0 Å². The highest BCUT2D eigenvalue weighted by Crippen LogP contribution is 2.24. The molecule has 29 heavy (non-hydrogen) atoms. The number of amides is 1. The van der Waals surface area contributed by atoms with E-state index in [1.54, 1.807) is 6.07 Å². The Morgan fingerprint density at radius 3 is 2.24 bits per heavy atom. The van der Waals surface area contributed by atoms with Crippen molar-refractivity contribution in [1.29, 1.82) is 0 Å². The van der Waals surface area contributed by atoms with E-state index >= 15 is 0 Å². The summed E-state index contributed by atoms with van der Waals surface area (Å²) in [5.74, 6) is 1.91. The number of nitrogens with one attached hydrogen (secondary N) is 1. The van der Waals surface area contributed by atoms with Crippen LogP contribution in [0, 0.1) is 0 Å². The Balaban J connectivity index is 1.58. The molecular weight excluding hydrogens is 362 g/mol. The van der Waals surface area contributed by atoms with Gasteiger partial charge in [-0.2, -0.15) is 0 Å². The van der Waals surface area contributed by atoms with Gasteiger partial charge in [0.2, 0.25) is 0 Å². The molecule has 0 fully saturated rings. The van der Waals surface area contributed by atoms with Crippen LogP contribution in [0.3, 0.4) is 0 Å². The fourth-order valence-electron chi connectivity index (χ4n) is 2.92. The van der Waals surface area contributed by atoms with Gasteiger partial charge < -0.3 is 14.8 Å². The minimum absolute atomic E-state index is 0.189. The molecule has 4 heteroatoms. The van der Waals surface area contributed by atoms with Crippen molar-refractivity contribution in [2.24, 2.45) is 0 Å². The predicted octanol–water partition coefficient (Wildman–Crippen LogP) is 6.69. The predicted molar refractivity (Wildman–Crippen MR) is 117 cm³/mol. The number of anilines is 1. The fourth-order valence-corrected chi connectivity index (χ4v) is 2.92. The average molecular weight is 389 g/mol. The summed E-state index contributed by atoms with van der Waals surface area (Å²) < 4.78 is 11.6. The van der Waals surface area contributed by atoms with E-state index in [2.05, 4.69) is 12.2 Å². The first kappa shape index (κ1) is 20.5. The Kier molecular flexibility index (Phi) is 7.70. The molecule has 0 aliphatic rings. The third-order valence-corrected chi connectivity index (χ3v) is 4.48. The first-order chi connectivity index (χ1) is 14.3. The monoisotopic (exact) mass is 389 g/mol. The zero-order valence-corrected chi connectivity index (χ0v) is 16.8. The Bertz CT molecular complexity index is 891. The molecule has 0 atom stereocenters. The molecule has 150 valence electrons. The minimum atomic E-state index is -0.189. The number of para-hydroxylation sites is 2. The van der Waals surface area contributed by atoms with Crippen molar-refractivity contribution >= 4 is 11.6 Å². The van der Waals surface area contributed by atoms with E-state index in [0.717, 1.165) is 18.6 Å². The van der Waals surface area contributed by atoms with Crippen molar-refractivity contribution in [1.82, 2.24) is 0 Å². The quantitative estimate of drug-likeness (QED) is 0.393. The lowest BCUT2D eigenvalue weighted by molar-refractivity contribution is 0.102. The van der Waals surface area contributed by atoms with Crippen LogP contribution < -0.4 is 14.8 Å². The topological polar surface area (TPSA) is 47.6 Å². The maximum absolute atomic E-state index is 12.7. The largest absolute Gasteiger partial charge is 0.493 e. The molecule has 1 N–H and O–H groups in total. The lowest BCUT2D eigenvalue weighted by Crippen LogP contribution is -2.14. The van der Waals surface area contributed by atoms with Crippen molar-refractivity contribution in [3.05, 3.63) is 84.4 Å². The van der Waals surface area contributed by atoms with Crippen molar-refractivity contribution in [3.8, 4) is 17.2 Å². The summed E-state index contributed by atoms with van der Waals surface area (Å²) in [6, 6.07) is 24.2. The summed E-state index contributed by atoms with van der Waals surface area (Å²) >= 11 is 0. The molecule has 0 aliphatic heterocycles. The highest BCUT2D eigenvalue weighted by Gasteiger charge is 2.12. The number of benzene rings is 3. The summed E-state index contributed by atoms with van der Waals surface area (Å²) in [6.45, 7) is 2.80. The number of hydrogen-bond donors (Lipinski definition) is 1. The summed E-state index contributed by atoms with van der Waals surface area (Å²) in [7, 11) is 0. The molecule has 3 aromatic rings. The van der Waals surface area contributed by atoms with E-state index in [9.17, 15) is 4.79 Å². The van der Waals surface area contributed by atoms with Crippen LogP contribution in [0.5, 0.6) is 17.2 Å². The van der Waals surface area contributed by atoms with Gasteiger partial charge in [-0.3, -0.25) is 4.79 Å². The van der Waals surface area contributed by atoms with E-state index in [1.807, 2.05) is 72.8 Å². The summed E-state index contributed by atoms with van der Waals surface area (Å²) in [4.78, 5) is 12.7. The smallest absolute Gasteiger partial charge is 0.259 e. The summed E-state index contributed by atoms with van der Waals surface area (Å²) in [5, 5.41) is 2.93. The fraction of sp³-hybridized carbons (Fsp3) is 0.240. The molecular formula is C25H27NO3. The molecule has 3 rings (SSSR count). The lowest BCUT2D eigenvalue weighted by atomic mass is 10.1. The summed E-state index contributed by atoms with van der Waals surface area (Å²) in [5.41, 5.74) is 1.24. The van der Waals surface area contributed by atoms with Crippen molar-refractivity contribution in [2.45, 2.75) is 32.6 Å². The number of ether oxygens (including phenoxy) is 2. The molecule has 0 bridgehead atoms. The molecule has 0 saturated heterocycles. The van der Waals surface area contributed by atoms with E-state index in [0.29, 0.717) is 29.4 Å². The highest BCUT2D eigenvalue weighted by molar-refractivity contribution is 6.06. The average Bonchev–Trinajstić information content (AvgIpc) is 2.76. The van der Waals surface area contributed by atoms with Gasteiger partial charge in [0.25, 0.3) is 5.91 Å². The second kappa shape index (κ2) is 10.9. The second-order valence-electron chi connectivity index (χ2n) is 6.80. The maximum Gasteiger partial charge on any atom is 0.259 e. The lowest BCUT2D eigenvalue weighted by Gasteiger charge is -2.12. The van der Waals surface area contributed by atoms with Gasteiger partial charge in [0, 0.05) is 5.69 Å². The van der Waals surface area contributed by atoms with E-state index in [1.165, 1.54) is 12.8 Å². The number of hydrogen-bond acceptors (Lipinski definition) is 3. The van der Waals surface area contributed by atoms with Gasteiger partial charge in [0.1, 0.15) is 17.2 Å². The molecule has 0 aliphatic carbocycles. The van der Waals surface area contributed by atoms with Crippen LogP contribution in [0.2, 0.25) is 0 Å². The normalized spacial score (nSPS) is 10.4.